The molecule has 15 heavy (non-hydrogen) atoms. The molecule has 2 heterocycles. The van der Waals surface area contributed by atoms with Crippen LogP contribution in [0, 0.1) is 5.92 Å². The van der Waals surface area contributed by atoms with Crippen molar-refractivity contribution in [1.29, 1.82) is 0 Å². The van der Waals surface area contributed by atoms with Crippen LogP contribution < -0.4 is 5.73 Å². The molecule has 4 nitrogen and oxygen atoms in total. The van der Waals surface area contributed by atoms with Gasteiger partial charge in [0.1, 0.15) is 0 Å². The van der Waals surface area contributed by atoms with Gasteiger partial charge in [-0.3, -0.25) is 0 Å². The van der Waals surface area contributed by atoms with Gasteiger partial charge in [0, 0.05) is 25.3 Å². The first-order valence-corrected chi connectivity index (χ1v) is 5.61. The molecule has 1 aliphatic rings. The van der Waals surface area contributed by atoms with Crippen molar-refractivity contribution >= 4 is 0 Å². The maximum absolute atomic E-state index is 5.70. The van der Waals surface area contributed by atoms with Gasteiger partial charge in [-0.2, -0.15) is 0 Å². The number of piperidine rings is 1. The Morgan fingerprint density at radius 2 is 2.40 bits per heavy atom. The van der Waals surface area contributed by atoms with Gasteiger partial charge in [-0.05, 0) is 25.9 Å². The first kappa shape index (κ1) is 10.6. The van der Waals surface area contributed by atoms with E-state index in [2.05, 4.69) is 28.4 Å². The molecule has 2 atom stereocenters. The molecular formula is C11H20N4. The summed E-state index contributed by atoms with van der Waals surface area (Å²) in [7, 11) is 2.18. The zero-order valence-corrected chi connectivity index (χ0v) is 9.56. The predicted octanol–water partition coefficient (Wildman–Crippen LogP) is 0.854. The first-order valence-electron chi connectivity index (χ1n) is 5.61. The molecule has 2 N–H and O–H groups in total. The van der Waals surface area contributed by atoms with Gasteiger partial charge >= 0.3 is 0 Å². The highest BCUT2D eigenvalue weighted by Gasteiger charge is 2.26. The largest absolute Gasteiger partial charge is 0.330 e. The van der Waals surface area contributed by atoms with Gasteiger partial charge in [0.2, 0.25) is 0 Å². The third kappa shape index (κ3) is 2.06. The lowest BCUT2D eigenvalue weighted by Crippen LogP contribution is -2.38. The molecule has 4 heteroatoms. The summed E-state index contributed by atoms with van der Waals surface area (Å²) in [6.07, 6.45) is 5.00. The van der Waals surface area contributed by atoms with Crippen LogP contribution in [0.3, 0.4) is 0 Å². The molecular weight excluding hydrogens is 188 g/mol. The normalized spacial score (nSPS) is 28.2. The number of aromatic nitrogens is 2. The molecule has 0 radical (unpaired) electrons. The van der Waals surface area contributed by atoms with Gasteiger partial charge in [0.15, 0.2) is 0 Å². The van der Waals surface area contributed by atoms with Crippen molar-refractivity contribution in [2.75, 3.05) is 20.1 Å². The average molecular weight is 208 g/mol. The van der Waals surface area contributed by atoms with Crippen molar-refractivity contribution in [3.8, 4) is 0 Å². The van der Waals surface area contributed by atoms with Crippen LogP contribution in [0.4, 0.5) is 0 Å². The number of likely N-dealkylation sites (tertiary alicyclic amines) is 1. The molecule has 2 unspecified atom stereocenters. The molecule has 1 aromatic rings. The quantitative estimate of drug-likeness (QED) is 0.784. The Bertz CT molecular complexity index is 320. The van der Waals surface area contributed by atoms with Gasteiger partial charge in [-0.15, -0.1) is 0 Å². The Labute approximate surface area is 91.1 Å². The maximum atomic E-state index is 5.70. The summed E-state index contributed by atoms with van der Waals surface area (Å²) < 4.78 is 2.26. The zero-order chi connectivity index (χ0) is 10.8. The summed E-state index contributed by atoms with van der Waals surface area (Å²) in [5, 5.41) is 0. The molecule has 1 saturated heterocycles. The van der Waals surface area contributed by atoms with Crippen molar-refractivity contribution in [3.05, 3.63) is 18.2 Å². The number of hydrogen-bond donors (Lipinski definition) is 1. The first-order chi connectivity index (χ1) is 7.22. The molecule has 0 spiro atoms. The van der Waals surface area contributed by atoms with E-state index in [9.17, 15) is 0 Å². The summed E-state index contributed by atoms with van der Waals surface area (Å²) in [6, 6.07) is 0.572. The van der Waals surface area contributed by atoms with E-state index >= 15 is 0 Å². The zero-order valence-electron chi connectivity index (χ0n) is 9.56. The molecule has 1 aromatic heterocycles. The Kier molecular flexibility index (Phi) is 3.07. The Balaban J connectivity index is 2.16. The fourth-order valence-electron chi connectivity index (χ4n) is 2.54. The molecule has 0 bridgehead atoms. The van der Waals surface area contributed by atoms with Crippen molar-refractivity contribution in [3.63, 3.8) is 0 Å². The fraction of sp³-hybridized carbons (Fsp3) is 0.727. The molecule has 0 amide bonds. The second-order valence-corrected chi connectivity index (χ2v) is 4.59. The van der Waals surface area contributed by atoms with E-state index in [1.54, 1.807) is 0 Å². The van der Waals surface area contributed by atoms with Gasteiger partial charge < -0.3 is 15.2 Å². The SMILES string of the molecule is CC1CN(C)CCC1n1cncc1CN. The van der Waals surface area contributed by atoms with Gasteiger partial charge in [0.05, 0.1) is 12.0 Å². The van der Waals surface area contributed by atoms with Crippen LogP contribution >= 0.6 is 0 Å². The summed E-state index contributed by atoms with van der Waals surface area (Å²) in [4.78, 5) is 6.58. The van der Waals surface area contributed by atoms with Crippen LogP contribution in [0.2, 0.25) is 0 Å². The predicted molar refractivity (Wildman–Crippen MR) is 60.4 cm³/mol. The summed E-state index contributed by atoms with van der Waals surface area (Å²) >= 11 is 0. The van der Waals surface area contributed by atoms with Crippen molar-refractivity contribution in [2.24, 2.45) is 11.7 Å². The maximum Gasteiger partial charge on any atom is 0.0951 e. The van der Waals surface area contributed by atoms with Crippen LogP contribution in [-0.4, -0.2) is 34.6 Å². The molecule has 0 aliphatic carbocycles. The minimum atomic E-state index is 0.572. The van der Waals surface area contributed by atoms with E-state index in [0.717, 1.165) is 18.8 Å². The number of nitrogens with two attached hydrogens (primary N) is 1. The van der Waals surface area contributed by atoms with E-state index in [1.165, 1.54) is 6.42 Å². The summed E-state index contributed by atoms with van der Waals surface area (Å²) in [5.74, 6) is 0.670. The molecule has 1 aliphatic heterocycles. The Morgan fingerprint density at radius 3 is 3.07 bits per heavy atom. The topological polar surface area (TPSA) is 47.1 Å². The molecule has 1 fully saturated rings. The number of hydrogen-bond acceptors (Lipinski definition) is 3. The van der Waals surface area contributed by atoms with E-state index < -0.39 is 0 Å². The molecule has 84 valence electrons. The van der Waals surface area contributed by atoms with Gasteiger partial charge in [0.25, 0.3) is 0 Å². The van der Waals surface area contributed by atoms with Crippen molar-refractivity contribution < 1.29 is 0 Å². The molecule has 2 rings (SSSR count). The van der Waals surface area contributed by atoms with E-state index in [0.29, 0.717) is 18.5 Å². The number of imidazole rings is 1. The number of rotatable bonds is 2. The monoisotopic (exact) mass is 208 g/mol. The van der Waals surface area contributed by atoms with Crippen LogP contribution in [0.25, 0.3) is 0 Å². The van der Waals surface area contributed by atoms with E-state index in [4.69, 9.17) is 5.73 Å². The fourth-order valence-corrected chi connectivity index (χ4v) is 2.54. The van der Waals surface area contributed by atoms with Crippen LogP contribution in [0.1, 0.15) is 25.1 Å². The second kappa shape index (κ2) is 4.33. The highest BCUT2D eigenvalue weighted by atomic mass is 15.2. The lowest BCUT2D eigenvalue weighted by Gasteiger charge is -2.36. The Hall–Kier alpha value is -0.870. The lowest BCUT2D eigenvalue weighted by molar-refractivity contribution is 0.157. The van der Waals surface area contributed by atoms with Gasteiger partial charge in [-0.25, -0.2) is 4.98 Å². The van der Waals surface area contributed by atoms with Gasteiger partial charge in [-0.1, -0.05) is 6.92 Å². The highest BCUT2D eigenvalue weighted by Crippen LogP contribution is 2.28. The van der Waals surface area contributed by atoms with Crippen molar-refractivity contribution in [2.45, 2.75) is 25.9 Å². The van der Waals surface area contributed by atoms with E-state index in [1.807, 2.05) is 12.5 Å². The Morgan fingerprint density at radius 1 is 1.60 bits per heavy atom. The minimum absolute atomic E-state index is 0.572. The van der Waals surface area contributed by atoms with E-state index in [-0.39, 0.29) is 0 Å². The minimum Gasteiger partial charge on any atom is -0.330 e. The molecule has 0 saturated carbocycles. The number of nitrogens with zero attached hydrogens (tertiary/aromatic N) is 3. The smallest absolute Gasteiger partial charge is 0.0951 e. The average Bonchev–Trinajstić information content (AvgIpc) is 2.65. The standard InChI is InChI=1S/C11H20N4/c1-9-7-14(2)4-3-11(9)15-8-13-6-10(15)5-12/h6,8-9,11H,3-5,7,12H2,1-2H3. The third-order valence-corrected chi connectivity index (χ3v) is 3.38. The summed E-state index contributed by atoms with van der Waals surface area (Å²) in [6.45, 7) is 5.21. The molecule has 0 aromatic carbocycles. The second-order valence-electron chi connectivity index (χ2n) is 4.59. The highest BCUT2D eigenvalue weighted by molar-refractivity contribution is 5.01. The van der Waals surface area contributed by atoms with Crippen LogP contribution in [0.15, 0.2) is 12.5 Å². The van der Waals surface area contributed by atoms with Crippen LogP contribution in [0.5, 0.6) is 0 Å². The van der Waals surface area contributed by atoms with Crippen molar-refractivity contribution in [1.82, 2.24) is 14.5 Å². The third-order valence-electron chi connectivity index (χ3n) is 3.38. The lowest BCUT2D eigenvalue weighted by atomic mass is 9.94. The van der Waals surface area contributed by atoms with Crippen LogP contribution in [-0.2, 0) is 6.54 Å². The summed E-state index contributed by atoms with van der Waals surface area (Å²) in [5.41, 5.74) is 6.85.